The summed E-state index contributed by atoms with van der Waals surface area (Å²) < 4.78 is 2.06. The summed E-state index contributed by atoms with van der Waals surface area (Å²) in [6, 6.07) is 5.86. The highest BCUT2D eigenvalue weighted by molar-refractivity contribution is 6.28. The van der Waals surface area contributed by atoms with Crippen LogP contribution in [0.2, 0.25) is 5.15 Å². The second-order valence-corrected chi connectivity index (χ2v) is 2.96. The van der Waals surface area contributed by atoms with E-state index in [9.17, 15) is 0 Å². The Labute approximate surface area is 72.6 Å². The minimum Gasteiger partial charge on any atom is -0.189 e. The van der Waals surface area contributed by atoms with Gasteiger partial charge in [0.2, 0.25) is 0 Å². The summed E-state index contributed by atoms with van der Waals surface area (Å²) in [7, 11) is 0. The summed E-state index contributed by atoms with van der Waals surface area (Å²) in [5.41, 5.74) is 0. The van der Waals surface area contributed by atoms with Crippen LogP contribution in [-0.2, 0) is 6.54 Å². The molecule has 0 saturated heterocycles. The van der Waals surface area contributed by atoms with Crippen molar-refractivity contribution in [2.45, 2.75) is 26.3 Å². The summed E-state index contributed by atoms with van der Waals surface area (Å²) in [6.07, 6.45) is 4.41. The molecular weight excluding hydrogens is 158 g/mol. The zero-order valence-corrected chi connectivity index (χ0v) is 7.51. The van der Waals surface area contributed by atoms with Crippen LogP contribution >= 0.6 is 11.6 Å². The molecule has 0 bridgehead atoms. The fraction of sp³-hybridized carbons (Fsp3) is 0.444. The summed E-state index contributed by atoms with van der Waals surface area (Å²) in [5, 5.41) is 0.820. The zero-order chi connectivity index (χ0) is 8.10. The molecule has 0 radical (unpaired) electrons. The molecule has 11 heavy (non-hydrogen) atoms. The molecule has 0 aliphatic heterocycles. The molecule has 0 spiro atoms. The van der Waals surface area contributed by atoms with Crippen LogP contribution in [0.1, 0.15) is 19.8 Å². The van der Waals surface area contributed by atoms with E-state index in [2.05, 4.69) is 11.5 Å². The number of nitrogens with zero attached hydrogens (tertiary/aromatic N) is 1. The van der Waals surface area contributed by atoms with Crippen molar-refractivity contribution < 1.29 is 4.57 Å². The highest BCUT2D eigenvalue weighted by Crippen LogP contribution is 1.99. The van der Waals surface area contributed by atoms with E-state index in [-0.39, 0.29) is 0 Å². The van der Waals surface area contributed by atoms with Gasteiger partial charge in [0.05, 0.1) is 0 Å². The van der Waals surface area contributed by atoms with E-state index >= 15 is 0 Å². The summed E-state index contributed by atoms with van der Waals surface area (Å²) in [4.78, 5) is 0. The van der Waals surface area contributed by atoms with Crippen molar-refractivity contribution in [1.29, 1.82) is 0 Å². The molecule has 60 valence electrons. The van der Waals surface area contributed by atoms with Crippen LogP contribution < -0.4 is 4.57 Å². The first kappa shape index (κ1) is 8.54. The molecule has 0 fully saturated rings. The van der Waals surface area contributed by atoms with E-state index < -0.39 is 0 Å². The highest BCUT2D eigenvalue weighted by atomic mass is 35.5. The minimum atomic E-state index is 0.820. The fourth-order valence-corrected chi connectivity index (χ4v) is 1.18. The van der Waals surface area contributed by atoms with Crippen LogP contribution in [0.15, 0.2) is 24.4 Å². The average molecular weight is 171 g/mol. The molecule has 1 aromatic rings. The second-order valence-electron chi connectivity index (χ2n) is 2.57. The molecule has 0 aromatic carbocycles. The maximum Gasteiger partial charge on any atom is 0.274 e. The zero-order valence-electron chi connectivity index (χ0n) is 6.76. The normalized spacial score (nSPS) is 10.0. The second kappa shape index (κ2) is 4.35. The summed E-state index contributed by atoms with van der Waals surface area (Å²) >= 11 is 5.92. The van der Waals surface area contributed by atoms with E-state index in [1.54, 1.807) is 0 Å². The topological polar surface area (TPSA) is 3.88 Å². The van der Waals surface area contributed by atoms with Crippen molar-refractivity contribution >= 4 is 11.6 Å². The Kier molecular flexibility index (Phi) is 3.37. The number of aryl methyl sites for hydroxylation is 1. The van der Waals surface area contributed by atoms with Crippen LogP contribution in [0.25, 0.3) is 0 Å². The van der Waals surface area contributed by atoms with Gasteiger partial charge in [-0.2, -0.15) is 4.57 Å². The predicted octanol–water partition coefficient (Wildman–Crippen LogP) is 2.43. The Bertz CT molecular complexity index is 223. The van der Waals surface area contributed by atoms with Crippen molar-refractivity contribution in [3.05, 3.63) is 29.5 Å². The lowest BCUT2D eigenvalue weighted by Gasteiger charge is -1.95. The maximum absolute atomic E-state index is 5.92. The molecule has 1 nitrogen and oxygen atoms in total. The van der Waals surface area contributed by atoms with E-state index in [4.69, 9.17) is 11.6 Å². The van der Waals surface area contributed by atoms with Gasteiger partial charge in [0.15, 0.2) is 6.20 Å². The number of unbranched alkanes of at least 4 members (excludes halogenated alkanes) is 1. The molecule has 2 heteroatoms. The lowest BCUT2D eigenvalue weighted by Crippen LogP contribution is -2.34. The Balaban J connectivity index is 2.62. The monoisotopic (exact) mass is 170 g/mol. The van der Waals surface area contributed by atoms with Crippen LogP contribution in [0.5, 0.6) is 0 Å². The number of rotatable bonds is 3. The summed E-state index contributed by atoms with van der Waals surface area (Å²) in [5.74, 6) is 0. The fourth-order valence-electron chi connectivity index (χ4n) is 0.965. The summed E-state index contributed by atoms with van der Waals surface area (Å²) in [6.45, 7) is 3.20. The van der Waals surface area contributed by atoms with E-state index in [1.165, 1.54) is 12.8 Å². The van der Waals surface area contributed by atoms with Crippen molar-refractivity contribution in [2.24, 2.45) is 0 Å². The van der Waals surface area contributed by atoms with Crippen LogP contribution in [0, 0.1) is 0 Å². The molecule has 0 aliphatic rings. The molecule has 1 heterocycles. The van der Waals surface area contributed by atoms with Gasteiger partial charge in [0.25, 0.3) is 5.15 Å². The molecule has 0 amide bonds. The third kappa shape index (κ3) is 2.51. The lowest BCUT2D eigenvalue weighted by molar-refractivity contribution is -0.695. The Morgan fingerprint density at radius 3 is 2.91 bits per heavy atom. The van der Waals surface area contributed by atoms with Gasteiger partial charge in [0, 0.05) is 18.6 Å². The molecule has 0 saturated carbocycles. The predicted molar refractivity (Wildman–Crippen MR) is 46.6 cm³/mol. The quantitative estimate of drug-likeness (QED) is 0.485. The molecule has 1 rings (SSSR count). The third-order valence-electron chi connectivity index (χ3n) is 1.64. The smallest absolute Gasteiger partial charge is 0.189 e. The first-order valence-corrected chi connectivity index (χ1v) is 4.36. The molecular formula is C9H13ClN+. The van der Waals surface area contributed by atoms with Gasteiger partial charge in [0.1, 0.15) is 6.54 Å². The largest absolute Gasteiger partial charge is 0.274 e. The highest BCUT2D eigenvalue weighted by Gasteiger charge is 2.03. The van der Waals surface area contributed by atoms with E-state index in [0.717, 1.165) is 11.7 Å². The van der Waals surface area contributed by atoms with Crippen molar-refractivity contribution in [3.8, 4) is 0 Å². The van der Waals surface area contributed by atoms with Gasteiger partial charge in [-0.05, 0) is 17.7 Å². The van der Waals surface area contributed by atoms with Gasteiger partial charge in [-0.3, -0.25) is 0 Å². The number of aromatic nitrogens is 1. The van der Waals surface area contributed by atoms with Gasteiger partial charge in [-0.25, -0.2) is 0 Å². The number of pyridine rings is 1. The standard InChI is InChI=1S/C9H13ClN/c1-2-3-7-11-8-5-4-6-9(11)10/h4-6,8H,2-3,7H2,1H3/q+1. The van der Waals surface area contributed by atoms with Crippen LogP contribution in [0.3, 0.4) is 0 Å². The Hall–Kier alpha value is -0.560. The molecule has 0 aliphatic carbocycles. The first-order chi connectivity index (χ1) is 5.34. The van der Waals surface area contributed by atoms with Crippen LogP contribution in [0.4, 0.5) is 0 Å². The van der Waals surface area contributed by atoms with Gasteiger partial charge in [-0.15, -0.1) is 0 Å². The number of hydrogen-bond acceptors (Lipinski definition) is 0. The maximum atomic E-state index is 5.92. The van der Waals surface area contributed by atoms with Crippen molar-refractivity contribution in [3.63, 3.8) is 0 Å². The van der Waals surface area contributed by atoms with E-state index in [0.29, 0.717) is 0 Å². The molecule has 0 unspecified atom stereocenters. The van der Waals surface area contributed by atoms with Gasteiger partial charge in [-0.1, -0.05) is 13.3 Å². The molecule has 0 N–H and O–H groups in total. The Morgan fingerprint density at radius 1 is 1.45 bits per heavy atom. The van der Waals surface area contributed by atoms with Crippen molar-refractivity contribution in [1.82, 2.24) is 0 Å². The average Bonchev–Trinajstić information content (AvgIpc) is 2.03. The molecule has 1 aromatic heterocycles. The number of hydrogen-bond donors (Lipinski definition) is 0. The third-order valence-corrected chi connectivity index (χ3v) is 1.98. The van der Waals surface area contributed by atoms with Gasteiger partial charge >= 0.3 is 0 Å². The minimum absolute atomic E-state index is 0.820. The Morgan fingerprint density at radius 2 is 2.27 bits per heavy atom. The van der Waals surface area contributed by atoms with E-state index in [1.807, 2.05) is 24.4 Å². The number of halogens is 1. The van der Waals surface area contributed by atoms with Crippen molar-refractivity contribution in [2.75, 3.05) is 0 Å². The lowest BCUT2D eigenvalue weighted by atomic mass is 10.3. The first-order valence-electron chi connectivity index (χ1n) is 3.98. The molecule has 0 atom stereocenters. The SMILES string of the molecule is CCCC[n+]1ccccc1Cl. The van der Waals surface area contributed by atoms with Gasteiger partial charge < -0.3 is 0 Å². The van der Waals surface area contributed by atoms with Crippen LogP contribution in [-0.4, -0.2) is 0 Å².